The number of nitrogens with zero attached hydrogens (tertiary/aromatic N) is 2. The van der Waals surface area contributed by atoms with E-state index in [9.17, 15) is 18.0 Å². The van der Waals surface area contributed by atoms with E-state index in [1.54, 1.807) is 56.3 Å². The summed E-state index contributed by atoms with van der Waals surface area (Å²) in [5, 5.41) is 2.89. The van der Waals surface area contributed by atoms with Crippen molar-refractivity contribution in [3.05, 3.63) is 90.5 Å². The Kier molecular flexibility index (Phi) is 10.9. The summed E-state index contributed by atoms with van der Waals surface area (Å²) in [5.74, 6) is -0.463. The Morgan fingerprint density at radius 3 is 2.15 bits per heavy atom. The number of benzene rings is 3. The lowest BCUT2D eigenvalue weighted by molar-refractivity contribution is -0.139. The van der Waals surface area contributed by atoms with E-state index in [1.165, 1.54) is 17.0 Å². The Balaban J connectivity index is 2.02. The average molecular weight is 552 g/mol. The zero-order chi connectivity index (χ0) is 28.3. The van der Waals surface area contributed by atoms with Crippen molar-refractivity contribution in [2.75, 3.05) is 24.0 Å². The Labute approximate surface area is 231 Å². The van der Waals surface area contributed by atoms with Gasteiger partial charge in [0.05, 0.1) is 17.2 Å². The van der Waals surface area contributed by atoms with Crippen molar-refractivity contribution in [3.8, 4) is 5.75 Å². The smallest absolute Gasteiger partial charge is 0.264 e. The third-order valence-corrected chi connectivity index (χ3v) is 8.01. The van der Waals surface area contributed by atoms with Crippen LogP contribution in [0.2, 0.25) is 0 Å². The van der Waals surface area contributed by atoms with Gasteiger partial charge in [-0.1, -0.05) is 74.0 Å². The van der Waals surface area contributed by atoms with Crippen molar-refractivity contribution in [1.82, 2.24) is 10.2 Å². The summed E-state index contributed by atoms with van der Waals surface area (Å²) in [6, 6.07) is 23.2. The third-order valence-electron chi connectivity index (χ3n) is 6.24. The van der Waals surface area contributed by atoms with Crippen molar-refractivity contribution in [2.45, 2.75) is 51.1 Å². The Morgan fingerprint density at radius 2 is 1.51 bits per heavy atom. The minimum atomic E-state index is -4.15. The topological polar surface area (TPSA) is 96.0 Å². The maximum absolute atomic E-state index is 14.0. The minimum Gasteiger partial charge on any atom is -0.492 e. The SMILES string of the molecule is CCCCNC(=O)C(C)N(Cc1ccccc1)C(=O)CN(c1ccccc1OCC)S(=O)(=O)c1ccccc1. The first-order valence-corrected chi connectivity index (χ1v) is 14.6. The number of carbonyl (C=O) groups is 2. The predicted molar refractivity (Wildman–Crippen MR) is 153 cm³/mol. The van der Waals surface area contributed by atoms with E-state index < -0.39 is 28.5 Å². The molecule has 8 nitrogen and oxygen atoms in total. The van der Waals surface area contributed by atoms with Crippen LogP contribution in [0, 0.1) is 0 Å². The minimum absolute atomic E-state index is 0.0454. The molecule has 1 unspecified atom stereocenters. The van der Waals surface area contributed by atoms with Gasteiger partial charge in [0.15, 0.2) is 0 Å². The van der Waals surface area contributed by atoms with Crippen molar-refractivity contribution < 1.29 is 22.7 Å². The van der Waals surface area contributed by atoms with Gasteiger partial charge < -0.3 is 15.0 Å². The molecule has 3 aromatic rings. The van der Waals surface area contributed by atoms with Gasteiger partial charge >= 0.3 is 0 Å². The van der Waals surface area contributed by atoms with E-state index in [0.717, 1.165) is 22.7 Å². The molecule has 208 valence electrons. The van der Waals surface area contributed by atoms with E-state index in [4.69, 9.17) is 4.74 Å². The number of ether oxygens (including phenoxy) is 1. The van der Waals surface area contributed by atoms with Crippen molar-refractivity contribution in [2.24, 2.45) is 0 Å². The molecule has 2 amide bonds. The van der Waals surface area contributed by atoms with Gasteiger partial charge in [-0.25, -0.2) is 8.42 Å². The standard InChI is InChI=1S/C30H37N3O5S/c1-4-6-21-31-30(35)24(3)32(22-25-15-9-7-10-16-25)29(34)23-33(27-19-13-14-20-28(27)38-5-2)39(36,37)26-17-11-8-12-18-26/h7-20,24H,4-6,21-23H2,1-3H3,(H,31,35). The van der Waals surface area contributed by atoms with Gasteiger partial charge in [-0.3, -0.25) is 13.9 Å². The van der Waals surface area contributed by atoms with E-state index in [2.05, 4.69) is 5.32 Å². The number of hydrogen-bond donors (Lipinski definition) is 1. The number of amides is 2. The van der Waals surface area contributed by atoms with Gasteiger partial charge in [0.25, 0.3) is 10.0 Å². The van der Waals surface area contributed by atoms with Crippen LogP contribution in [-0.4, -0.2) is 50.9 Å². The van der Waals surface area contributed by atoms with Crippen LogP contribution in [0.1, 0.15) is 39.2 Å². The van der Waals surface area contributed by atoms with Crippen LogP contribution in [0.3, 0.4) is 0 Å². The molecule has 0 saturated heterocycles. The Morgan fingerprint density at radius 1 is 0.897 bits per heavy atom. The molecule has 0 radical (unpaired) electrons. The van der Waals surface area contributed by atoms with Crippen molar-refractivity contribution >= 4 is 27.5 Å². The monoisotopic (exact) mass is 551 g/mol. The van der Waals surface area contributed by atoms with E-state index >= 15 is 0 Å². The molecule has 3 aromatic carbocycles. The first kappa shape index (κ1) is 29.7. The Bertz CT molecular complexity index is 1320. The molecule has 0 aliphatic heterocycles. The zero-order valence-electron chi connectivity index (χ0n) is 22.7. The van der Waals surface area contributed by atoms with Crippen LogP contribution < -0.4 is 14.4 Å². The molecule has 1 N–H and O–H groups in total. The molecule has 0 bridgehead atoms. The number of unbranched alkanes of at least 4 members (excludes halogenated alkanes) is 1. The molecule has 1 atom stereocenters. The second kappa shape index (κ2) is 14.3. The van der Waals surface area contributed by atoms with Crippen molar-refractivity contribution in [3.63, 3.8) is 0 Å². The average Bonchev–Trinajstić information content (AvgIpc) is 2.95. The third kappa shape index (κ3) is 7.83. The molecule has 3 rings (SSSR count). The summed E-state index contributed by atoms with van der Waals surface area (Å²) in [6.07, 6.45) is 1.75. The highest BCUT2D eigenvalue weighted by atomic mass is 32.2. The Hall–Kier alpha value is -3.85. The van der Waals surface area contributed by atoms with Gasteiger partial charge in [-0.15, -0.1) is 0 Å². The number of para-hydroxylation sites is 2. The number of nitrogens with one attached hydrogen (secondary N) is 1. The second-order valence-corrected chi connectivity index (χ2v) is 10.9. The maximum Gasteiger partial charge on any atom is 0.264 e. The van der Waals surface area contributed by atoms with E-state index in [0.29, 0.717) is 18.9 Å². The first-order chi connectivity index (χ1) is 18.8. The summed E-state index contributed by atoms with van der Waals surface area (Å²) in [7, 11) is -4.15. The zero-order valence-corrected chi connectivity index (χ0v) is 23.6. The van der Waals surface area contributed by atoms with Crippen LogP contribution in [0.15, 0.2) is 89.8 Å². The molecule has 39 heavy (non-hydrogen) atoms. The molecule has 0 saturated carbocycles. The fourth-order valence-corrected chi connectivity index (χ4v) is 5.52. The molecule has 0 fully saturated rings. The molecule has 0 aromatic heterocycles. The first-order valence-electron chi connectivity index (χ1n) is 13.2. The number of carbonyl (C=O) groups excluding carboxylic acids is 2. The van der Waals surface area contributed by atoms with Crippen LogP contribution in [0.5, 0.6) is 5.75 Å². The fraction of sp³-hybridized carbons (Fsp3) is 0.333. The van der Waals surface area contributed by atoms with Crippen LogP contribution in [-0.2, 0) is 26.2 Å². The number of anilines is 1. The van der Waals surface area contributed by atoms with E-state index in [-0.39, 0.29) is 23.0 Å². The van der Waals surface area contributed by atoms with Crippen LogP contribution >= 0.6 is 0 Å². The lowest BCUT2D eigenvalue weighted by Crippen LogP contribution is -2.51. The van der Waals surface area contributed by atoms with Gasteiger partial charge in [0.1, 0.15) is 18.3 Å². The summed E-state index contributed by atoms with van der Waals surface area (Å²) in [6.45, 7) is 5.95. The van der Waals surface area contributed by atoms with Gasteiger partial charge in [0.2, 0.25) is 11.8 Å². The fourth-order valence-electron chi connectivity index (χ4n) is 4.07. The van der Waals surface area contributed by atoms with Gasteiger partial charge in [-0.2, -0.15) is 0 Å². The normalized spacial score (nSPS) is 11.9. The summed E-state index contributed by atoms with van der Waals surface area (Å²) >= 11 is 0. The molecule has 0 heterocycles. The van der Waals surface area contributed by atoms with Crippen molar-refractivity contribution in [1.29, 1.82) is 0 Å². The quantitative estimate of drug-likeness (QED) is 0.295. The summed E-state index contributed by atoms with van der Waals surface area (Å²) in [5.41, 5.74) is 1.07. The van der Waals surface area contributed by atoms with Gasteiger partial charge in [-0.05, 0) is 50.1 Å². The summed E-state index contributed by atoms with van der Waals surface area (Å²) < 4.78 is 34.6. The molecular formula is C30H37N3O5S. The number of rotatable bonds is 14. The summed E-state index contributed by atoms with van der Waals surface area (Å²) in [4.78, 5) is 28.4. The highest BCUT2D eigenvalue weighted by Gasteiger charge is 2.33. The largest absolute Gasteiger partial charge is 0.492 e. The number of sulfonamides is 1. The molecular weight excluding hydrogens is 514 g/mol. The predicted octanol–water partition coefficient (Wildman–Crippen LogP) is 4.61. The molecule has 0 spiro atoms. The van der Waals surface area contributed by atoms with E-state index in [1.807, 2.05) is 37.3 Å². The highest BCUT2D eigenvalue weighted by molar-refractivity contribution is 7.92. The van der Waals surface area contributed by atoms with Crippen LogP contribution in [0.25, 0.3) is 0 Å². The molecule has 0 aliphatic carbocycles. The second-order valence-electron chi connectivity index (χ2n) is 9.05. The van der Waals surface area contributed by atoms with Crippen LogP contribution in [0.4, 0.5) is 5.69 Å². The lowest BCUT2D eigenvalue weighted by atomic mass is 10.1. The lowest BCUT2D eigenvalue weighted by Gasteiger charge is -2.32. The van der Waals surface area contributed by atoms with Gasteiger partial charge in [0, 0.05) is 13.1 Å². The maximum atomic E-state index is 14.0. The number of hydrogen-bond acceptors (Lipinski definition) is 5. The molecule has 9 heteroatoms. The highest BCUT2D eigenvalue weighted by Crippen LogP contribution is 2.32. The molecule has 0 aliphatic rings.